The minimum Gasteiger partial charge on any atom is -0.383 e. The highest BCUT2D eigenvalue weighted by Gasteiger charge is 2.54. The lowest BCUT2D eigenvalue weighted by Crippen LogP contribution is -2.54. The number of ketones is 1. The number of methoxy groups -OCH3 is 1. The van der Waals surface area contributed by atoms with E-state index >= 15 is 0 Å². The van der Waals surface area contributed by atoms with Crippen molar-refractivity contribution in [2.45, 2.75) is 51.5 Å². The maximum Gasteiger partial charge on any atom is 0.155 e. The molecular weight excluding hydrogens is 238 g/mol. The minimum atomic E-state index is -0.00796. The SMILES string of the molecule is COCCN[C@@H](C)C(=O)C12CC3CC(CC(C3)C1)C2. The van der Waals surface area contributed by atoms with Crippen LogP contribution in [0, 0.1) is 23.2 Å². The Bertz CT molecular complexity index is 317. The molecule has 0 spiro atoms. The van der Waals surface area contributed by atoms with Gasteiger partial charge in [0.2, 0.25) is 0 Å². The fourth-order valence-corrected chi connectivity index (χ4v) is 5.34. The van der Waals surface area contributed by atoms with Crippen LogP contribution in [-0.2, 0) is 9.53 Å². The van der Waals surface area contributed by atoms with Crippen LogP contribution in [0.5, 0.6) is 0 Å². The van der Waals surface area contributed by atoms with E-state index in [1.54, 1.807) is 7.11 Å². The van der Waals surface area contributed by atoms with Gasteiger partial charge in [-0.1, -0.05) is 0 Å². The van der Waals surface area contributed by atoms with Crippen molar-refractivity contribution < 1.29 is 9.53 Å². The fraction of sp³-hybridized carbons (Fsp3) is 0.938. The molecule has 0 aromatic rings. The number of hydrogen-bond acceptors (Lipinski definition) is 3. The van der Waals surface area contributed by atoms with Gasteiger partial charge in [0.25, 0.3) is 0 Å². The second kappa shape index (κ2) is 5.17. The van der Waals surface area contributed by atoms with E-state index in [-0.39, 0.29) is 11.5 Å². The minimum absolute atomic E-state index is 0.00796. The van der Waals surface area contributed by atoms with Crippen molar-refractivity contribution in [1.29, 1.82) is 0 Å². The van der Waals surface area contributed by atoms with Crippen molar-refractivity contribution in [2.75, 3.05) is 20.3 Å². The van der Waals surface area contributed by atoms with Gasteiger partial charge in [0.15, 0.2) is 5.78 Å². The molecule has 0 heterocycles. The Morgan fingerprint density at radius 2 is 1.74 bits per heavy atom. The van der Waals surface area contributed by atoms with Gasteiger partial charge in [-0.05, 0) is 63.2 Å². The quantitative estimate of drug-likeness (QED) is 0.749. The highest BCUT2D eigenvalue weighted by Crippen LogP contribution is 2.60. The van der Waals surface area contributed by atoms with Crippen LogP contribution >= 0.6 is 0 Å². The van der Waals surface area contributed by atoms with Crippen molar-refractivity contribution in [1.82, 2.24) is 5.32 Å². The van der Waals surface area contributed by atoms with Gasteiger partial charge in [-0.15, -0.1) is 0 Å². The Labute approximate surface area is 116 Å². The first-order valence-electron chi connectivity index (χ1n) is 7.89. The zero-order chi connectivity index (χ0) is 13.5. The first-order chi connectivity index (χ1) is 9.13. The third-order valence-corrected chi connectivity index (χ3v) is 5.71. The molecule has 3 heteroatoms. The van der Waals surface area contributed by atoms with E-state index in [4.69, 9.17) is 4.74 Å². The first-order valence-corrected chi connectivity index (χ1v) is 7.89. The maximum absolute atomic E-state index is 12.9. The number of nitrogens with one attached hydrogen (secondary N) is 1. The average Bonchev–Trinajstić information content (AvgIpc) is 2.36. The van der Waals surface area contributed by atoms with E-state index in [9.17, 15) is 4.79 Å². The van der Waals surface area contributed by atoms with E-state index in [2.05, 4.69) is 5.32 Å². The van der Waals surface area contributed by atoms with Gasteiger partial charge in [0.1, 0.15) is 0 Å². The molecular formula is C16H27NO2. The van der Waals surface area contributed by atoms with E-state index in [0.29, 0.717) is 12.4 Å². The number of ether oxygens (including phenoxy) is 1. The number of Topliss-reactive ketones (excluding diaryl/α,β-unsaturated/α-hetero) is 1. The van der Waals surface area contributed by atoms with Crippen LogP contribution in [0.2, 0.25) is 0 Å². The molecule has 19 heavy (non-hydrogen) atoms. The number of hydrogen-bond donors (Lipinski definition) is 1. The van der Waals surface area contributed by atoms with Gasteiger partial charge in [-0.25, -0.2) is 0 Å². The van der Waals surface area contributed by atoms with E-state index in [1.165, 1.54) is 38.5 Å². The third-order valence-electron chi connectivity index (χ3n) is 5.71. The van der Waals surface area contributed by atoms with Crippen molar-refractivity contribution in [3.63, 3.8) is 0 Å². The van der Waals surface area contributed by atoms with Crippen LogP contribution in [0.3, 0.4) is 0 Å². The summed E-state index contributed by atoms with van der Waals surface area (Å²) in [6, 6.07) is -0.00796. The van der Waals surface area contributed by atoms with Crippen molar-refractivity contribution >= 4 is 5.78 Å². The molecule has 4 aliphatic carbocycles. The highest BCUT2D eigenvalue weighted by atomic mass is 16.5. The number of rotatable bonds is 6. The van der Waals surface area contributed by atoms with Crippen LogP contribution in [0.25, 0.3) is 0 Å². The summed E-state index contributed by atoms with van der Waals surface area (Å²) in [5.74, 6) is 3.03. The molecule has 0 unspecified atom stereocenters. The summed E-state index contributed by atoms with van der Waals surface area (Å²) in [6.07, 6.45) is 7.73. The van der Waals surface area contributed by atoms with Gasteiger partial charge in [0, 0.05) is 19.1 Å². The third kappa shape index (κ3) is 2.47. The lowest BCUT2D eigenvalue weighted by atomic mass is 9.48. The van der Waals surface area contributed by atoms with Crippen LogP contribution in [0.15, 0.2) is 0 Å². The molecule has 3 nitrogen and oxygen atoms in total. The van der Waals surface area contributed by atoms with Crippen LogP contribution in [-0.4, -0.2) is 32.1 Å². The molecule has 0 aromatic carbocycles. The Balaban J connectivity index is 1.65. The van der Waals surface area contributed by atoms with Crippen LogP contribution in [0.4, 0.5) is 0 Å². The summed E-state index contributed by atoms with van der Waals surface area (Å²) in [6.45, 7) is 3.49. The monoisotopic (exact) mass is 265 g/mol. The summed E-state index contributed by atoms with van der Waals surface area (Å²) < 4.78 is 5.05. The van der Waals surface area contributed by atoms with Crippen molar-refractivity contribution in [3.8, 4) is 0 Å². The predicted molar refractivity (Wildman–Crippen MR) is 75.0 cm³/mol. The summed E-state index contributed by atoms with van der Waals surface area (Å²) in [7, 11) is 1.70. The first kappa shape index (κ1) is 13.6. The van der Waals surface area contributed by atoms with Gasteiger partial charge in [-0.2, -0.15) is 0 Å². The molecule has 0 aliphatic heterocycles. The second-order valence-electron chi connectivity index (χ2n) is 7.23. The second-order valence-corrected chi connectivity index (χ2v) is 7.23. The molecule has 4 aliphatic rings. The predicted octanol–water partition coefficient (Wildman–Crippen LogP) is 2.40. The summed E-state index contributed by atoms with van der Waals surface area (Å²) in [5.41, 5.74) is 0.0360. The number of carbonyl (C=O) groups is 1. The standard InChI is InChI=1S/C16H27NO2/c1-11(17-3-4-19-2)15(18)16-8-12-5-13(9-16)7-14(6-12)10-16/h11-14,17H,3-10H2,1-2H3/t11-,12?,13?,14?,16?/m0/s1. The lowest BCUT2D eigenvalue weighted by Gasteiger charge is -2.56. The Kier molecular flexibility index (Phi) is 3.69. The molecule has 4 bridgehead atoms. The smallest absolute Gasteiger partial charge is 0.155 e. The molecule has 0 radical (unpaired) electrons. The molecule has 0 amide bonds. The Hall–Kier alpha value is -0.410. The molecule has 1 atom stereocenters. The van der Waals surface area contributed by atoms with Crippen molar-refractivity contribution in [2.24, 2.45) is 23.2 Å². The van der Waals surface area contributed by atoms with E-state index < -0.39 is 0 Å². The van der Waals surface area contributed by atoms with Gasteiger partial charge in [0.05, 0.1) is 12.6 Å². The zero-order valence-corrected chi connectivity index (χ0v) is 12.3. The lowest BCUT2D eigenvalue weighted by molar-refractivity contribution is -0.145. The van der Waals surface area contributed by atoms with Gasteiger partial charge >= 0.3 is 0 Å². The molecule has 1 N–H and O–H groups in total. The molecule has 0 aromatic heterocycles. The van der Waals surface area contributed by atoms with E-state index in [1.807, 2.05) is 6.92 Å². The molecule has 4 rings (SSSR count). The molecule has 4 fully saturated rings. The average molecular weight is 265 g/mol. The maximum atomic E-state index is 12.9. The molecule has 4 saturated carbocycles. The topological polar surface area (TPSA) is 38.3 Å². The summed E-state index contributed by atoms with van der Waals surface area (Å²) >= 11 is 0. The van der Waals surface area contributed by atoms with Crippen LogP contribution < -0.4 is 5.32 Å². The van der Waals surface area contributed by atoms with Crippen molar-refractivity contribution in [3.05, 3.63) is 0 Å². The largest absolute Gasteiger partial charge is 0.383 e. The molecule has 108 valence electrons. The summed E-state index contributed by atoms with van der Waals surface area (Å²) in [5, 5.41) is 3.33. The Morgan fingerprint density at radius 1 is 1.21 bits per heavy atom. The zero-order valence-electron chi connectivity index (χ0n) is 12.3. The Morgan fingerprint density at radius 3 is 2.21 bits per heavy atom. The number of carbonyl (C=O) groups excluding carboxylic acids is 1. The van der Waals surface area contributed by atoms with Crippen LogP contribution in [0.1, 0.15) is 45.4 Å². The van der Waals surface area contributed by atoms with Gasteiger partial charge < -0.3 is 10.1 Å². The molecule has 0 saturated heterocycles. The fourth-order valence-electron chi connectivity index (χ4n) is 5.34. The van der Waals surface area contributed by atoms with Gasteiger partial charge in [-0.3, -0.25) is 4.79 Å². The highest BCUT2D eigenvalue weighted by molar-refractivity contribution is 5.89. The summed E-state index contributed by atoms with van der Waals surface area (Å²) in [4.78, 5) is 12.9. The van der Waals surface area contributed by atoms with E-state index in [0.717, 1.165) is 24.3 Å². The normalized spacial score (nSPS) is 41.5.